The van der Waals surface area contributed by atoms with Gasteiger partial charge in [0.15, 0.2) is 0 Å². The standard InChI is InChI=1S/C8H11N3O2/c9-2-1-6-3-7(10)5-8(4-6)11(12)13/h3-5H,1-2,9-10H2. The molecule has 0 fully saturated rings. The van der Waals surface area contributed by atoms with Crippen molar-refractivity contribution in [2.24, 2.45) is 5.73 Å². The molecule has 13 heavy (non-hydrogen) atoms. The van der Waals surface area contributed by atoms with E-state index in [1.54, 1.807) is 6.07 Å². The van der Waals surface area contributed by atoms with E-state index in [9.17, 15) is 10.1 Å². The number of hydrogen-bond donors (Lipinski definition) is 2. The van der Waals surface area contributed by atoms with E-state index in [0.717, 1.165) is 5.56 Å². The van der Waals surface area contributed by atoms with Gasteiger partial charge in [-0.3, -0.25) is 10.1 Å². The normalized spacial score (nSPS) is 9.92. The Morgan fingerprint density at radius 1 is 1.38 bits per heavy atom. The van der Waals surface area contributed by atoms with Crippen LogP contribution in [0, 0.1) is 10.1 Å². The number of anilines is 1. The Bertz CT molecular complexity index is 325. The van der Waals surface area contributed by atoms with Crippen molar-refractivity contribution >= 4 is 11.4 Å². The van der Waals surface area contributed by atoms with Gasteiger partial charge in [0.1, 0.15) is 0 Å². The second-order valence-corrected chi connectivity index (χ2v) is 2.73. The van der Waals surface area contributed by atoms with Crippen molar-refractivity contribution in [3.05, 3.63) is 33.9 Å². The summed E-state index contributed by atoms with van der Waals surface area (Å²) in [7, 11) is 0. The second-order valence-electron chi connectivity index (χ2n) is 2.73. The van der Waals surface area contributed by atoms with E-state index in [2.05, 4.69) is 0 Å². The molecule has 0 aliphatic carbocycles. The largest absolute Gasteiger partial charge is 0.399 e. The van der Waals surface area contributed by atoms with Gasteiger partial charge in [-0.15, -0.1) is 0 Å². The zero-order valence-corrected chi connectivity index (χ0v) is 7.06. The first-order valence-corrected chi connectivity index (χ1v) is 3.87. The van der Waals surface area contributed by atoms with Crippen LogP contribution in [-0.4, -0.2) is 11.5 Å². The lowest BCUT2D eigenvalue weighted by molar-refractivity contribution is -0.384. The van der Waals surface area contributed by atoms with Gasteiger partial charge in [-0.2, -0.15) is 0 Å². The Kier molecular flexibility index (Phi) is 2.81. The minimum Gasteiger partial charge on any atom is -0.399 e. The van der Waals surface area contributed by atoms with Gasteiger partial charge in [0.25, 0.3) is 5.69 Å². The Balaban J connectivity index is 3.03. The summed E-state index contributed by atoms with van der Waals surface area (Å²) in [6.07, 6.45) is 0.603. The number of nitrogens with zero attached hydrogens (tertiary/aromatic N) is 1. The molecule has 0 aromatic heterocycles. The highest BCUT2D eigenvalue weighted by molar-refractivity contribution is 5.50. The van der Waals surface area contributed by atoms with E-state index in [1.807, 2.05) is 0 Å². The minimum absolute atomic E-state index is 0.0171. The molecule has 0 saturated heterocycles. The van der Waals surface area contributed by atoms with Crippen LogP contribution in [0.5, 0.6) is 0 Å². The second kappa shape index (κ2) is 3.86. The predicted molar refractivity (Wildman–Crippen MR) is 50.3 cm³/mol. The molecule has 0 radical (unpaired) electrons. The number of non-ortho nitro benzene ring substituents is 1. The van der Waals surface area contributed by atoms with Crippen LogP contribution in [0.1, 0.15) is 5.56 Å². The summed E-state index contributed by atoms with van der Waals surface area (Å²) >= 11 is 0. The quantitative estimate of drug-likeness (QED) is 0.407. The summed E-state index contributed by atoms with van der Waals surface area (Å²) < 4.78 is 0. The Morgan fingerprint density at radius 2 is 2.08 bits per heavy atom. The van der Waals surface area contributed by atoms with Crippen molar-refractivity contribution in [2.75, 3.05) is 12.3 Å². The SMILES string of the molecule is NCCc1cc(N)cc([N+](=O)[O-])c1. The smallest absolute Gasteiger partial charge is 0.271 e. The van der Waals surface area contributed by atoms with Crippen molar-refractivity contribution in [2.45, 2.75) is 6.42 Å². The highest BCUT2D eigenvalue weighted by Crippen LogP contribution is 2.18. The Labute approximate surface area is 75.5 Å². The number of rotatable bonds is 3. The van der Waals surface area contributed by atoms with Crippen LogP contribution in [0.2, 0.25) is 0 Å². The summed E-state index contributed by atoms with van der Waals surface area (Å²) in [5, 5.41) is 10.4. The maximum atomic E-state index is 10.4. The zero-order valence-electron chi connectivity index (χ0n) is 7.06. The van der Waals surface area contributed by atoms with Gasteiger partial charge in [-0.05, 0) is 24.6 Å². The van der Waals surface area contributed by atoms with Crippen LogP contribution >= 0.6 is 0 Å². The average molecular weight is 181 g/mol. The molecule has 1 rings (SSSR count). The Morgan fingerprint density at radius 3 is 2.62 bits per heavy atom. The first-order chi connectivity index (χ1) is 6.13. The van der Waals surface area contributed by atoms with Crippen molar-refractivity contribution in [1.29, 1.82) is 0 Å². The summed E-state index contributed by atoms with van der Waals surface area (Å²) in [6.45, 7) is 0.459. The number of nitro groups is 1. The fraction of sp³-hybridized carbons (Fsp3) is 0.250. The molecule has 1 aromatic rings. The van der Waals surface area contributed by atoms with Crippen molar-refractivity contribution < 1.29 is 4.92 Å². The van der Waals surface area contributed by atoms with Crippen LogP contribution in [0.15, 0.2) is 18.2 Å². The van der Waals surface area contributed by atoms with Gasteiger partial charge in [-0.25, -0.2) is 0 Å². The van der Waals surface area contributed by atoms with Gasteiger partial charge in [-0.1, -0.05) is 0 Å². The lowest BCUT2D eigenvalue weighted by Crippen LogP contribution is -2.03. The number of hydrogen-bond acceptors (Lipinski definition) is 4. The molecule has 70 valence electrons. The first kappa shape index (κ1) is 9.47. The summed E-state index contributed by atoms with van der Waals surface area (Å²) in [4.78, 5) is 9.97. The van der Waals surface area contributed by atoms with Crippen LogP contribution in [-0.2, 0) is 6.42 Å². The van der Waals surface area contributed by atoms with E-state index < -0.39 is 4.92 Å². The molecule has 0 bridgehead atoms. The molecule has 0 atom stereocenters. The molecule has 5 nitrogen and oxygen atoms in total. The average Bonchev–Trinajstić information content (AvgIpc) is 2.03. The number of benzene rings is 1. The van der Waals surface area contributed by atoms with Crippen molar-refractivity contribution in [3.8, 4) is 0 Å². The molecule has 0 saturated carbocycles. The molecule has 5 heteroatoms. The first-order valence-electron chi connectivity index (χ1n) is 3.87. The van der Waals surface area contributed by atoms with Crippen LogP contribution in [0.3, 0.4) is 0 Å². The fourth-order valence-corrected chi connectivity index (χ4v) is 1.12. The van der Waals surface area contributed by atoms with Gasteiger partial charge in [0.05, 0.1) is 4.92 Å². The summed E-state index contributed by atoms with van der Waals surface area (Å²) in [5.41, 5.74) is 12.0. The molecular formula is C8H11N3O2. The molecule has 0 aliphatic rings. The lowest BCUT2D eigenvalue weighted by atomic mass is 10.1. The maximum absolute atomic E-state index is 10.4. The molecule has 0 spiro atoms. The van der Waals surface area contributed by atoms with Crippen LogP contribution < -0.4 is 11.5 Å². The minimum atomic E-state index is -0.462. The highest BCUT2D eigenvalue weighted by atomic mass is 16.6. The third-order valence-corrected chi connectivity index (χ3v) is 1.64. The van der Waals surface area contributed by atoms with E-state index >= 15 is 0 Å². The number of nitrogen functional groups attached to an aromatic ring is 1. The molecule has 1 aromatic carbocycles. The topological polar surface area (TPSA) is 95.2 Å². The van der Waals surface area contributed by atoms with Gasteiger partial charge < -0.3 is 11.5 Å². The van der Waals surface area contributed by atoms with Crippen molar-refractivity contribution in [1.82, 2.24) is 0 Å². The third-order valence-electron chi connectivity index (χ3n) is 1.64. The van der Waals surface area contributed by atoms with E-state index in [1.165, 1.54) is 12.1 Å². The van der Waals surface area contributed by atoms with Crippen molar-refractivity contribution in [3.63, 3.8) is 0 Å². The molecule has 0 heterocycles. The lowest BCUT2D eigenvalue weighted by Gasteiger charge is -2.00. The molecule has 0 aliphatic heterocycles. The molecular weight excluding hydrogens is 170 g/mol. The van der Waals surface area contributed by atoms with Crippen LogP contribution in [0.4, 0.5) is 11.4 Å². The third kappa shape index (κ3) is 2.41. The monoisotopic (exact) mass is 181 g/mol. The Hall–Kier alpha value is -1.62. The highest BCUT2D eigenvalue weighted by Gasteiger charge is 2.07. The summed E-state index contributed by atoms with van der Waals surface area (Å²) in [6, 6.07) is 4.52. The molecule has 0 unspecified atom stereocenters. The molecule has 0 amide bonds. The number of nitrogens with two attached hydrogens (primary N) is 2. The maximum Gasteiger partial charge on any atom is 0.271 e. The van der Waals surface area contributed by atoms with E-state index in [0.29, 0.717) is 18.7 Å². The fourth-order valence-electron chi connectivity index (χ4n) is 1.12. The van der Waals surface area contributed by atoms with E-state index in [-0.39, 0.29) is 5.69 Å². The number of nitro benzene ring substituents is 1. The van der Waals surface area contributed by atoms with Crippen LogP contribution in [0.25, 0.3) is 0 Å². The predicted octanol–water partition coefficient (Wildman–Crippen LogP) is 0.678. The van der Waals surface area contributed by atoms with Gasteiger partial charge in [0.2, 0.25) is 0 Å². The molecule has 4 N–H and O–H groups in total. The van der Waals surface area contributed by atoms with Gasteiger partial charge in [0, 0.05) is 17.8 Å². The zero-order chi connectivity index (χ0) is 9.84. The van der Waals surface area contributed by atoms with E-state index in [4.69, 9.17) is 11.5 Å². The van der Waals surface area contributed by atoms with Gasteiger partial charge >= 0.3 is 0 Å². The summed E-state index contributed by atoms with van der Waals surface area (Å²) in [5.74, 6) is 0.